The van der Waals surface area contributed by atoms with E-state index in [2.05, 4.69) is 9.31 Å². The van der Waals surface area contributed by atoms with Crippen LogP contribution in [0.25, 0.3) is 5.76 Å². The predicted molar refractivity (Wildman–Crippen MR) is 71.7 cm³/mol. The van der Waals surface area contributed by atoms with Gasteiger partial charge in [0.05, 0.1) is 22.6 Å². The molecule has 0 amide bonds. The fourth-order valence-electron chi connectivity index (χ4n) is 1.85. The molecule has 1 aromatic rings. The molecule has 7 heteroatoms. The van der Waals surface area contributed by atoms with E-state index in [-0.39, 0.29) is 11.5 Å². The van der Waals surface area contributed by atoms with Gasteiger partial charge in [0.25, 0.3) is 5.17 Å². The predicted octanol–water partition coefficient (Wildman–Crippen LogP) is 3.11. The van der Waals surface area contributed by atoms with Crippen LogP contribution in [0.1, 0.15) is 12.5 Å². The third-order valence-electron chi connectivity index (χ3n) is 2.69. The fraction of sp³-hybridized carbons (Fsp3) is 0.250. The number of nitrogens with zero attached hydrogens (tertiary/aromatic N) is 1. The Labute approximate surface area is 115 Å². The van der Waals surface area contributed by atoms with Gasteiger partial charge >= 0.3 is 7.11 Å². The number of benzene rings is 1. The van der Waals surface area contributed by atoms with Crippen LogP contribution < -0.4 is 4.65 Å². The van der Waals surface area contributed by atoms with Gasteiger partial charge in [0.1, 0.15) is 14.1 Å². The van der Waals surface area contributed by atoms with Crippen molar-refractivity contribution in [2.45, 2.75) is 6.92 Å². The van der Waals surface area contributed by atoms with E-state index in [4.69, 9.17) is 11.6 Å². The Balaban J connectivity index is 2.64. The van der Waals surface area contributed by atoms with Crippen LogP contribution in [0.4, 0.5) is 8.63 Å². The van der Waals surface area contributed by atoms with Crippen LogP contribution in [0.5, 0.6) is 5.75 Å². The topological polar surface area (TPSA) is 21.5 Å². The third kappa shape index (κ3) is 2.73. The minimum absolute atomic E-state index is 0.0468. The van der Waals surface area contributed by atoms with Gasteiger partial charge in [-0.25, -0.2) is 4.58 Å². The Hall–Kier alpha value is -1.56. The van der Waals surface area contributed by atoms with E-state index in [1.807, 2.05) is 0 Å². The number of allylic oxidation sites excluding steroid dienone is 1. The zero-order chi connectivity index (χ0) is 14.2. The van der Waals surface area contributed by atoms with Crippen LogP contribution in [0.3, 0.4) is 0 Å². The van der Waals surface area contributed by atoms with Crippen molar-refractivity contribution in [3.63, 3.8) is 0 Å². The molecule has 0 radical (unpaired) electrons. The van der Waals surface area contributed by atoms with Crippen molar-refractivity contribution in [3.05, 3.63) is 35.4 Å². The van der Waals surface area contributed by atoms with Crippen molar-refractivity contribution in [3.8, 4) is 5.75 Å². The number of hydrogen-bond acceptors (Lipinski definition) is 2. The Kier molecular flexibility index (Phi) is 3.54. The maximum absolute atomic E-state index is 13.5. The maximum atomic E-state index is 13.5. The summed E-state index contributed by atoms with van der Waals surface area (Å²) in [6.45, 7) is 1.63. The normalized spacial score (nSPS) is 18.8. The summed E-state index contributed by atoms with van der Waals surface area (Å²) in [5, 5.41) is 0.332. The Morgan fingerprint density at radius 1 is 1.21 bits per heavy atom. The van der Waals surface area contributed by atoms with Gasteiger partial charge in [-0.2, -0.15) is 0 Å². The highest BCUT2D eigenvalue weighted by Crippen LogP contribution is 2.39. The second-order valence-corrected chi connectivity index (χ2v) is 4.76. The van der Waals surface area contributed by atoms with E-state index in [1.54, 1.807) is 43.8 Å². The van der Waals surface area contributed by atoms with Crippen LogP contribution in [0.15, 0.2) is 29.8 Å². The van der Waals surface area contributed by atoms with Gasteiger partial charge in [-0.3, -0.25) is 0 Å². The minimum atomic E-state index is -4.37. The third-order valence-corrected chi connectivity index (χ3v) is 3.32. The molecular weight excluding hydrogens is 274 g/mol. The number of halogens is 3. The Morgan fingerprint density at radius 3 is 2.47 bits per heavy atom. The van der Waals surface area contributed by atoms with E-state index in [1.165, 1.54) is 6.07 Å². The lowest BCUT2D eigenvalue weighted by Gasteiger charge is -2.36. The molecular formula is C12H13BClF2NO2. The molecule has 3 nitrogen and oxygen atoms in total. The summed E-state index contributed by atoms with van der Waals surface area (Å²) in [4.78, 5) is 0. The van der Waals surface area contributed by atoms with Gasteiger partial charge < -0.3 is 17.9 Å². The van der Waals surface area contributed by atoms with Crippen molar-refractivity contribution >= 4 is 29.6 Å². The van der Waals surface area contributed by atoms with Gasteiger partial charge in [-0.05, 0) is 30.7 Å². The molecule has 0 unspecified atom stereocenters. The highest BCUT2D eigenvalue weighted by Gasteiger charge is 2.40. The van der Waals surface area contributed by atoms with Crippen LogP contribution in [0, 0.1) is 0 Å². The van der Waals surface area contributed by atoms with Crippen LogP contribution in [-0.2, 0) is 4.65 Å². The molecule has 1 aromatic carbocycles. The minimum Gasteiger partial charge on any atom is -0.627 e. The van der Waals surface area contributed by atoms with Gasteiger partial charge in [0.15, 0.2) is 0 Å². The lowest BCUT2D eigenvalue weighted by atomic mass is 10.0. The zero-order valence-corrected chi connectivity index (χ0v) is 11.5. The molecule has 1 heterocycles. The molecule has 0 bridgehead atoms. The Morgan fingerprint density at radius 2 is 1.84 bits per heavy atom. The van der Waals surface area contributed by atoms with Crippen LogP contribution in [-0.4, -0.2) is 30.9 Å². The van der Waals surface area contributed by atoms with Crippen LogP contribution in [0.2, 0.25) is 0 Å². The first-order chi connectivity index (χ1) is 8.82. The zero-order valence-electron chi connectivity index (χ0n) is 10.8. The molecule has 1 aliphatic rings. The maximum Gasteiger partial charge on any atom is 0.725 e. The number of hydrogen-bond donors (Lipinski definition) is 0. The second-order valence-electron chi connectivity index (χ2n) is 4.41. The molecule has 0 atom stereocenters. The van der Waals surface area contributed by atoms with E-state index < -0.39 is 7.11 Å². The molecule has 1 aliphatic heterocycles. The van der Waals surface area contributed by atoms with Crippen molar-refractivity contribution in [1.29, 1.82) is 0 Å². The second kappa shape index (κ2) is 4.85. The average Bonchev–Trinajstić information content (AvgIpc) is 2.34. The first kappa shape index (κ1) is 13.9. The number of para-hydroxylation sites is 1. The summed E-state index contributed by atoms with van der Waals surface area (Å²) in [5.74, 6) is 0.141. The van der Waals surface area contributed by atoms with E-state index in [9.17, 15) is 8.63 Å². The van der Waals surface area contributed by atoms with Crippen molar-refractivity contribution in [1.82, 2.24) is 0 Å². The summed E-state index contributed by atoms with van der Waals surface area (Å²) < 4.78 is 37.8. The SMILES string of the molecule is C/C(C(Cl)=[N+](C)C)=C1/O[B-](F)(F)Oc2ccccc21. The number of fused-ring (bicyclic) bond motifs is 1. The summed E-state index contributed by atoms with van der Waals surface area (Å²) in [6.07, 6.45) is 0. The van der Waals surface area contributed by atoms with Gasteiger partial charge in [0, 0.05) is 0 Å². The molecule has 0 fully saturated rings. The molecule has 2 rings (SSSR count). The van der Waals surface area contributed by atoms with Crippen molar-refractivity contribution in [2.75, 3.05) is 14.1 Å². The highest BCUT2D eigenvalue weighted by molar-refractivity contribution is 6.68. The van der Waals surface area contributed by atoms with E-state index in [0.29, 0.717) is 16.3 Å². The average molecular weight is 288 g/mol. The monoisotopic (exact) mass is 287 g/mol. The first-order valence-electron chi connectivity index (χ1n) is 5.70. The number of rotatable bonds is 1. The molecule has 0 aliphatic carbocycles. The first-order valence-corrected chi connectivity index (χ1v) is 6.08. The summed E-state index contributed by atoms with van der Waals surface area (Å²) in [7, 11) is -0.927. The van der Waals surface area contributed by atoms with E-state index >= 15 is 0 Å². The van der Waals surface area contributed by atoms with Crippen molar-refractivity contribution in [2.24, 2.45) is 0 Å². The quantitative estimate of drug-likeness (QED) is 0.450. The van der Waals surface area contributed by atoms with E-state index in [0.717, 1.165) is 0 Å². The lowest BCUT2D eigenvalue weighted by Crippen LogP contribution is -2.39. The molecule has 102 valence electrons. The smallest absolute Gasteiger partial charge is 0.627 e. The van der Waals surface area contributed by atoms with Crippen LogP contribution >= 0.6 is 11.6 Å². The summed E-state index contributed by atoms with van der Waals surface area (Å²) in [6, 6.07) is 6.48. The fourth-order valence-corrected chi connectivity index (χ4v) is 1.93. The molecule has 0 aromatic heterocycles. The Bertz CT molecular complexity index is 583. The van der Waals surface area contributed by atoms with Gasteiger partial charge in [-0.15, -0.1) is 0 Å². The largest absolute Gasteiger partial charge is 0.725 e. The van der Waals surface area contributed by atoms with Crippen molar-refractivity contribution < 1.29 is 22.5 Å². The highest BCUT2D eigenvalue weighted by atomic mass is 35.5. The molecule has 19 heavy (non-hydrogen) atoms. The summed E-state index contributed by atoms with van der Waals surface area (Å²) in [5.41, 5.74) is 0.900. The standard InChI is InChI=1S/C12H13BClF2NO2/c1-8(12(14)17(2)3)11-9-6-4-5-7-10(9)18-13(15,16)19-11/h4-7H,1-3H3/b11-8-. The lowest BCUT2D eigenvalue weighted by molar-refractivity contribution is -0.461. The molecule has 0 N–H and O–H groups in total. The van der Waals surface area contributed by atoms with Gasteiger partial charge in [0.2, 0.25) is 0 Å². The molecule has 0 spiro atoms. The molecule has 0 saturated heterocycles. The summed E-state index contributed by atoms with van der Waals surface area (Å²) >= 11 is 6.09. The molecule has 0 saturated carbocycles. The van der Waals surface area contributed by atoms with Gasteiger partial charge in [-0.1, -0.05) is 12.1 Å².